The molecule has 0 bridgehead atoms. The van der Waals surface area contributed by atoms with Crippen molar-refractivity contribution >= 4 is 21.8 Å². The quantitative estimate of drug-likeness (QED) is 0.864. The molecule has 3 nitrogen and oxygen atoms in total. The Kier molecular flexibility index (Phi) is 3.66. The Balaban J connectivity index is 2.85. The van der Waals surface area contributed by atoms with E-state index in [1.54, 1.807) is 0 Å². The third-order valence-corrected chi connectivity index (χ3v) is 2.90. The van der Waals surface area contributed by atoms with Crippen LogP contribution in [0.25, 0.3) is 0 Å². The van der Waals surface area contributed by atoms with Gasteiger partial charge in [-0.15, -0.1) is 0 Å². The number of rotatable bonds is 3. The van der Waals surface area contributed by atoms with Gasteiger partial charge in [-0.3, -0.25) is 4.79 Å². The molecule has 76 valence electrons. The van der Waals surface area contributed by atoms with Gasteiger partial charge < -0.3 is 11.5 Å². The lowest BCUT2D eigenvalue weighted by Crippen LogP contribution is -2.20. The average molecular weight is 257 g/mol. The van der Waals surface area contributed by atoms with E-state index < -0.39 is 0 Å². The molecular formula is C10H13BrN2O. The van der Waals surface area contributed by atoms with Crippen molar-refractivity contribution in [3.63, 3.8) is 0 Å². The first-order chi connectivity index (χ1) is 6.50. The van der Waals surface area contributed by atoms with E-state index in [1.165, 1.54) is 0 Å². The number of halogens is 1. The minimum absolute atomic E-state index is 0.176. The van der Waals surface area contributed by atoms with Gasteiger partial charge in [-0.25, -0.2) is 0 Å². The molecule has 0 aliphatic rings. The molecule has 14 heavy (non-hydrogen) atoms. The van der Waals surface area contributed by atoms with E-state index in [-0.39, 0.29) is 18.4 Å². The molecule has 0 heterocycles. The Morgan fingerprint density at radius 2 is 2.21 bits per heavy atom. The molecule has 0 unspecified atom stereocenters. The van der Waals surface area contributed by atoms with Crippen molar-refractivity contribution in [2.24, 2.45) is 11.5 Å². The number of nitrogens with two attached hydrogens (primary N) is 2. The second-order valence-corrected chi connectivity index (χ2v) is 4.14. The second kappa shape index (κ2) is 4.57. The van der Waals surface area contributed by atoms with Crippen LogP contribution < -0.4 is 11.5 Å². The zero-order valence-corrected chi connectivity index (χ0v) is 9.54. The normalized spacial score (nSPS) is 12.5. The summed E-state index contributed by atoms with van der Waals surface area (Å²) in [5.41, 5.74) is 12.9. The van der Waals surface area contributed by atoms with Crippen LogP contribution in [0.1, 0.15) is 23.6 Å². The van der Waals surface area contributed by atoms with E-state index in [2.05, 4.69) is 15.9 Å². The Labute approximate surface area is 91.6 Å². The lowest BCUT2D eigenvalue weighted by atomic mass is 10.0. The molecule has 0 radical (unpaired) electrons. The maximum absolute atomic E-state index is 10.7. The van der Waals surface area contributed by atoms with Crippen LogP contribution in [0.5, 0.6) is 0 Å². The molecule has 0 fully saturated rings. The summed E-state index contributed by atoms with van der Waals surface area (Å²) in [7, 11) is 0. The van der Waals surface area contributed by atoms with Gasteiger partial charge in [0.05, 0.1) is 0 Å². The van der Waals surface area contributed by atoms with Gasteiger partial charge in [0.25, 0.3) is 0 Å². The highest BCUT2D eigenvalue weighted by Gasteiger charge is 2.09. The zero-order chi connectivity index (χ0) is 10.7. The van der Waals surface area contributed by atoms with Crippen molar-refractivity contribution in [1.82, 2.24) is 0 Å². The molecule has 0 saturated heterocycles. The van der Waals surface area contributed by atoms with Gasteiger partial charge in [-0.1, -0.05) is 28.1 Å². The molecule has 0 aromatic heterocycles. The van der Waals surface area contributed by atoms with Crippen molar-refractivity contribution in [2.75, 3.05) is 0 Å². The van der Waals surface area contributed by atoms with E-state index in [9.17, 15) is 4.79 Å². The highest BCUT2D eigenvalue weighted by Crippen LogP contribution is 2.22. The monoisotopic (exact) mass is 256 g/mol. The molecule has 4 heteroatoms. The Bertz CT molecular complexity index is 352. The minimum Gasteiger partial charge on any atom is -0.370 e. The van der Waals surface area contributed by atoms with Crippen molar-refractivity contribution in [3.8, 4) is 0 Å². The van der Waals surface area contributed by atoms with Crippen LogP contribution in [0.15, 0.2) is 22.7 Å². The highest BCUT2D eigenvalue weighted by molar-refractivity contribution is 9.10. The first kappa shape index (κ1) is 11.2. The number of hydrogen-bond donors (Lipinski definition) is 2. The average Bonchev–Trinajstić information content (AvgIpc) is 2.08. The van der Waals surface area contributed by atoms with Crippen molar-refractivity contribution in [3.05, 3.63) is 33.8 Å². The van der Waals surface area contributed by atoms with Crippen LogP contribution >= 0.6 is 15.9 Å². The van der Waals surface area contributed by atoms with Crippen LogP contribution in [0.3, 0.4) is 0 Å². The van der Waals surface area contributed by atoms with Crippen LogP contribution in [0.2, 0.25) is 0 Å². The van der Waals surface area contributed by atoms with E-state index in [4.69, 9.17) is 11.5 Å². The number of primary amides is 1. The van der Waals surface area contributed by atoms with Crippen molar-refractivity contribution in [1.29, 1.82) is 0 Å². The Hall–Kier alpha value is -0.870. The third-order valence-electron chi connectivity index (χ3n) is 2.05. The molecule has 0 spiro atoms. The molecule has 0 aliphatic carbocycles. The molecule has 0 aliphatic heterocycles. The van der Waals surface area contributed by atoms with E-state index >= 15 is 0 Å². The van der Waals surface area contributed by atoms with E-state index in [0.717, 1.165) is 15.6 Å². The first-order valence-corrected chi connectivity index (χ1v) is 5.10. The minimum atomic E-state index is -0.380. The summed E-state index contributed by atoms with van der Waals surface area (Å²) in [6.07, 6.45) is 0.176. The first-order valence-electron chi connectivity index (χ1n) is 4.30. The molecular weight excluding hydrogens is 244 g/mol. The fourth-order valence-electron chi connectivity index (χ4n) is 1.17. The largest absolute Gasteiger partial charge is 0.370 e. The fraction of sp³-hybridized carbons (Fsp3) is 0.300. The smallest absolute Gasteiger partial charge is 0.219 e. The summed E-state index contributed by atoms with van der Waals surface area (Å²) in [5, 5.41) is 0. The molecule has 1 amide bonds. The summed E-state index contributed by atoms with van der Waals surface area (Å²) in [5.74, 6) is -0.380. The third kappa shape index (κ3) is 2.82. The number of hydrogen-bond acceptors (Lipinski definition) is 2. The molecule has 1 aromatic rings. The number of aryl methyl sites for hydroxylation is 1. The summed E-state index contributed by atoms with van der Waals surface area (Å²) >= 11 is 3.41. The lowest BCUT2D eigenvalue weighted by molar-refractivity contribution is -0.118. The van der Waals surface area contributed by atoms with E-state index in [1.807, 2.05) is 25.1 Å². The van der Waals surface area contributed by atoms with Gasteiger partial charge in [-0.2, -0.15) is 0 Å². The van der Waals surface area contributed by atoms with E-state index in [0.29, 0.717) is 0 Å². The van der Waals surface area contributed by atoms with Gasteiger partial charge in [0, 0.05) is 16.9 Å². The van der Waals surface area contributed by atoms with Crippen LogP contribution in [-0.4, -0.2) is 5.91 Å². The van der Waals surface area contributed by atoms with Gasteiger partial charge in [0.15, 0.2) is 0 Å². The van der Waals surface area contributed by atoms with Gasteiger partial charge in [0.1, 0.15) is 0 Å². The predicted molar refractivity (Wildman–Crippen MR) is 59.6 cm³/mol. The second-order valence-electron chi connectivity index (χ2n) is 3.29. The van der Waals surface area contributed by atoms with Crippen LogP contribution in [0.4, 0.5) is 0 Å². The number of amides is 1. The maximum atomic E-state index is 10.7. The maximum Gasteiger partial charge on any atom is 0.219 e. The standard InChI is InChI=1S/C10H13BrN2O/c1-6-2-3-7(4-8(6)11)9(12)5-10(13)14/h2-4,9H,5,12H2,1H3,(H2,13,14)/t9-/m0/s1. The SMILES string of the molecule is Cc1ccc([C@@H](N)CC(N)=O)cc1Br. The topological polar surface area (TPSA) is 69.1 Å². The predicted octanol–water partition coefficient (Wildman–Crippen LogP) is 1.63. The summed E-state index contributed by atoms with van der Waals surface area (Å²) < 4.78 is 0.995. The lowest BCUT2D eigenvalue weighted by Gasteiger charge is -2.10. The van der Waals surface area contributed by atoms with Gasteiger partial charge in [-0.05, 0) is 24.1 Å². The summed E-state index contributed by atoms with van der Waals surface area (Å²) in [6, 6.07) is 5.47. The number of carbonyl (C=O) groups excluding carboxylic acids is 1. The molecule has 1 atom stereocenters. The number of benzene rings is 1. The van der Waals surface area contributed by atoms with Crippen LogP contribution in [0, 0.1) is 6.92 Å². The fourth-order valence-corrected chi connectivity index (χ4v) is 1.57. The molecule has 4 N–H and O–H groups in total. The summed E-state index contributed by atoms with van der Waals surface area (Å²) in [4.78, 5) is 10.7. The molecule has 0 saturated carbocycles. The molecule has 1 aromatic carbocycles. The van der Waals surface area contributed by atoms with Gasteiger partial charge in [0.2, 0.25) is 5.91 Å². The highest BCUT2D eigenvalue weighted by atomic mass is 79.9. The Morgan fingerprint density at radius 1 is 1.57 bits per heavy atom. The Morgan fingerprint density at radius 3 is 2.71 bits per heavy atom. The van der Waals surface area contributed by atoms with Gasteiger partial charge >= 0.3 is 0 Å². The summed E-state index contributed by atoms with van der Waals surface area (Å²) in [6.45, 7) is 1.99. The molecule has 1 rings (SSSR count). The van der Waals surface area contributed by atoms with Crippen molar-refractivity contribution < 1.29 is 4.79 Å². The number of carbonyl (C=O) groups is 1. The van der Waals surface area contributed by atoms with Crippen molar-refractivity contribution in [2.45, 2.75) is 19.4 Å². The van der Waals surface area contributed by atoms with Crippen LogP contribution in [-0.2, 0) is 4.79 Å². The zero-order valence-electron chi connectivity index (χ0n) is 7.96.